The van der Waals surface area contributed by atoms with Crippen LogP contribution in [0, 0.1) is 6.92 Å². The maximum Gasteiger partial charge on any atom is 0.361 e. The van der Waals surface area contributed by atoms with Crippen LogP contribution in [0.4, 0.5) is 10.5 Å². The molecule has 0 aliphatic carbocycles. The van der Waals surface area contributed by atoms with E-state index in [-0.39, 0.29) is 17.5 Å². The third kappa shape index (κ3) is 4.17. The van der Waals surface area contributed by atoms with Crippen LogP contribution in [-0.2, 0) is 16.8 Å². The van der Waals surface area contributed by atoms with E-state index in [1.54, 1.807) is 43.7 Å². The lowest BCUT2D eigenvalue weighted by molar-refractivity contribution is 0.243. The van der Waals surface area contributed by atoms with Gasteiger partial charge in [0.25, 0.3) is 0 Å². The van der Waals surface area contributed by atoms with Crippen molar-refractivity contribution in [1.29, 1.82) is 0 Å². The number of hydrogen-bond acceptors (Lipinski definition) is 6. The summed E-state index contributed by atoms with van der Waals surface area (Å²) in [6.45, 7) is 5.56. The molecule has 1 aromatic carbocycles. The van der Waals surface area contributed by atoms with E-state index in [1.165, 1.54) is 0 Å². The Morgan fingerprint density at radius 2 is 2.04 bits per heavy atom. The number of aromatic nitrogens is 3. The van der Waals surface area contributed by atoms with E-state index in [2.05, 4.69) is 9.82 Å². The van der Waals surface area contributed by atoms with E-state index in [4.69, 9.17) is 16.3 Å². The minimum absolute atomic E-state index is 0.177. The normalized spacial score (nSPS) is 11.2. The highest BCUT2D eigenvalue weighted by molar-refractivity contribution is 7.91. The van der Waals surface area contributed by atoms with Gasteiger partial charge in [-0.3, -0.25) is 9.29 Å². The predicted octanol–water partition coefficient (Wildman–Crippen LogP) is 1.34. The van der Waals surface area contributed by atoms with Crippen LogP contribution in [0.5, 0.6) is 5.75 Å². The third-order valence-electron chi connectivity index (χ3n) is 3.32. The van der Waals surface area contributed by atoms with Gasteiger partial charge in [-0.1, -0.05) is 12.1 Å². The van der Waals surface area contributed by atoms with Crippen LogP contribution in [-0.4, -0.2) is 35.4 Å². The van der Waals surface area contributed by atoms with E-state index in [1.807, 2.05) is 0 Å². The number of anilines is 1. The number of nitrogens with one attached hydrogen (secondary N) is 2. The average molecular weight is 404 g/mol. The predicted molar refractivity (Wildman–Crippen MR) is 96.0 cm³/mol. The van der Waals surface area contributed by atoms with Crippen molar-refractivity contribution >= 4 is 33.5 Å². The van der Waals surface area contributed by atoms with Gasteiger partial charge in [-0.25, -0.2) is 14.3 Å². The number of hydrogen-bond donors (Lipinski definition) is 2. The number of carbonyl (C=O) groups excluding carboxylic acids is 1. The first-order valence-corrected chi connectivity index (χ1v) is 9.49. The SMILES string of the molecule is CCOc1cccc(C)c1NS(=O)(=O)NC(=O)n1nc(Cl)n(CC)c1=O. The number of nitrogens with zero attached hydrogens (tertiary/aromatic N) is 3. The van der Waals surface area contributed by atoms with E-state index < -0.39 is 21.9 Å². The minimum atomic E-state index is -4.35. The number of amides is 1. The van der Waals surface area contributed by atoms with Gasteiger partial charge in [-0.15, -0.1) is 9.78 Å². The maximum atomic E-state index is 12.3. The van der Waals surface area contributed by atoms with Crippen molar-refractivity contribution in [2.45, 2.75) is 27.3 Å². The second-order valence-corrected chi connectivity index (χ2v) is 6.85. The lowest BCUT2D eigenvalue weighted by atomic mass is 10.2. The smallest absolute Gasteiger partial charge is 0.361 e. The molecule has 0 radical (unpaired) electrons. The summed E-state index contributed by atoms with van der Waals surface area (Å²) in [5, 5.41) is 3.31. The second-order valence-electron chi connectivity index (χ2n) is 5.10. The molecule has 0 fully saturated rings. The highest BCUT2D eigenvalue weighted by Gasteiger charge is 2.23. The molecule has 1 amide bonds. The van der Waals surface area contributed by atoms with Crippen LogP contribution in [0.15, 0.2) is 23.0 Å². The molecule has 2 N–H and O–H groups in total. The number of ether oxygens (including phenoxy) is 1. The van der Waals surface area contributed by atoms with E-state index in [0.717, 1.165) is 4.57 Å². The van der Waals surface area contributed by atoms with Crippen LogP contribution >= 0.6 is 11.6 Å². The van der Waals surface area contributed by atoms with Crippen molar-refractivity contribution in [3.05, 3.63) is 39.5 Å². The fraction of sp³-hybridized carbons (Fsp3) is 0.357. The number of aryl methyl sites for hydroxylation is 1. The molecule has 2 rings (SSSR count). The van der Waals surface area contributed by atoms with Crippen LogP contribution in [0.2, 0.25) is 5.28 Å². The zero-order valence-electron chi connectivity index (χ0n) is 14.3. The van der Waals surface area contributed by atoms with Crippen LogP contribution in [0.25, 0.3) is 0 Å². The molecule has 10 nitrogen and oxygen atoms in total. The topological polar surface area (TPSA) is 124 Å². The average Bonchev–Trinajstić information content (AvgIpc) is 2.84. The highest BCUT2D eigenvalue weighted by atomic mass is 35.5. The van der Waals surface area contributed by atoms with Gasteiger partial charge in [-0.05, 0) is 44.0 Å². The molecule has 0 saturated carbocycles. The quantitative estimate of drug-likeness (QED) is 0.749. The van der Waals surface area contributed by atoms with Crippen molar-refractivity contribution in [2.24, 2.45) is 0 Å². The van der Waals surface area contributed by atoms with Crippen molar-refractivity contribution < 1.29 is 17.9 Å². The molecule has 0 atom stereocenters. The Labute approximate surface area is 154 Å². The van der Waals surface area contributed by atoms with Gasteiger partial charge < -0.3 is 4.74 Å². The Morgan fingerprint density at radius 1 is 1.35 bits per heavy atom. The largest absolute Gasteiger partial charge is 0.492 e. The van der Waals surface area contributed by atoms with Crippen molar-refractivity contribution in [3.8, 4) is 5.75 Å². The lowest BCUT2D eigenvalue weighted by Crippen LogP contribution is -2.43. The Bertz CT molecular complexity index is 982. The molecule has 1 aromatic heterocycles. The Kier molecular flexibility index (Phi) is 5.93. The molecule has 0 bridgehead atoms. The number of para-hydroxylation sites is 1. The van der Waals surface area contributed by atoms with Crippen molar-refractivity contribution in [2.75, 3.05) is 11.3 Å². The van der Waals surface area contributed by atoms with Gasteiger partial charge in [0.15, 0.2) is 0 Å². The van der Waals surface area contributed by atoms with Gasteiger partial charge in [-0.2, -0.15) is 8.42 Å². The summed E-state index contributed by atoms with van der Waals surface area (Å²) in [5.41, 5.74) is -0.0838. The Morgan fingerprint density at radius 3 is 2.62 bits per heavy atom. The monoisotopic (exact) mass is 403 g/mol. The summed E-state index contributed by atoms with van der Waals surface area (Å²) in [5.74, 6) is 0.306. The lowest BCUT2D eigenvalue weighted by Gasteiger charge is -2.15. The third-order valence-corrected chi connectivity index (χ3v) is 4.51. The van der Waals surface area contributed by atoms with E-state index >= 15 is 0 Å². The summed E-state index contributed by atoms with van der Waals surface area (Å²) in [4.78, 5) is 24.1. The standard InChI is InChI=1S/C14H18ClN5O5S/c1-4-19-12(15)16-20(14(19)22)13(21)18-26(23,24)17-11-9(3)7-6-8-10(11)25-5-2/h6-8,17H,4-5H2,1-3H3,(H,18,21). The number of halogens is 1. The molecule has 142 valence electrons. The fourth-order valence-electron chi connectivity index (χ4n) is 2.14. The zero-order chi connectivity index (χ0) is 19.5. The molecular formula is C14H18ClN5O5S. The number of carbonyl (C=O) groups is 1. The van der Waals surface area contributed by atoms with Gasteiger partial charge in [0.1, 0.15) is 5.75 Å². The van der Waals surface area contributed by atoms with Crippen LogP contribution in [0.3, 0.4) is 0 Å². The second kappa shape index (κ2) is 7.79. The summed E-state index contributed by atoms with van der Waals surface area (Å²) in [6, 6.07) is 3.71. The molecule has 0 aliphatic heterocycles. The van der Waals surface area contributed by atoms with Gasteiger partial charge in [0.05, 0.1) is 12.3 Å². The molecule has 0 spiro atoms. The molecule has 26 heavy (non-hydrogen) atoms. The van der Waals surface area contributed by atoms with E-state index in [0.29, 0.717) is 22.6 Å². The molecule has 0 unspecified atom stereocenters. The first kappa shape index (κ1) is 19.8. The Hall–Kier alpha value is -2.53. The molecule has 0 saturated heterocycles. The molecule has 12 heteroatoms. The summed E-state index contributed by atoms with van der Waals surface area (Å²) in [6.07, 6.45) is 0. The molecular weight excluding hydrogens is 386 g/mol. The number of benzene rings is 1. The molecule has 1 heterocycles. The van der Waals surface area contributed by atoms with Crippen LogP contribution in [0.1, 0.15) is 19.4 Å². The summed E-state index contributed by atoms with van der Waals surface area (Å²) in [7, 11) is -4.35. The fourth-order valence-corrected chi connectivity index (χ4v) is 3.30. The van der Waals surface area contributed by atoms with Crippen molar-refractivity contribution in [1.82, 2.24) is 19.1 Å². The van der Waals surface area contributed by atoms with Crippen LogP contribution < -0.4 is 19.9 Å². The zero-order valence-corrected chi connectivity index (χ0v) is 15.9. The summed E-state index contributed by atoms with van der Waals surface area (Å²) >= 11 is 5.74. The first-order valence-electron chi connectivity index (χ1n) is 7.62. The van der Waals surface area contributed by atoms with Gasteiger partial charge in [0, 0.05) is 6.54 Å². The molecule has 2 aromatic rings. The molecule has 0 aliphatic rings. The number of rotatable bonds is 6. The van der Waals surface area contributed by atoms with Crippen molar-refractivity contribution in [3.63, 3.8) is 0 Å². The Balaban J connectivity index is 2.28. The van der Waals surface area contributed by atoms with Gasteiger partial charge in [0.2, 0.25) is 5.28 Å². The maximum absolute atomic E-state index is 12.3. The van der Waals surface area contributed by atoms with E-state index in [9.17, 15) is 18.0 Å². The first-order chi connectivity index (χ1) is 12.2. The summed E-state index contributed by atoms with van der Waals surface area (Å²) < 4.78 is 35.2. The highest BCUT2D eigenvalue weighted by Crippen LogP contribution is 2.28. The van der Waals surface area contributed by atoms with Gasteiger partial charge >= 0.3 is 21.9 Å². The minimum Gasteiger partial charge on any atom is -0.492 e.